The van der Waals surface area contributed by atoms with Crippen molar-refractivity contribution in [2.24, 2.45) is 0 Å². The molecule has 0 N–H and O–H groups in total. The third-order valence-electron chi connectivity index (χ3n) is 2.77. The van der Waals surface area contributed by atoms with Gasteiger partial charge in [0.05, 0.1) is 5.38 Å². The molecule has 0 saturated heterocycles. The molecule has 2 rings (SSSR count). The van der Waals surface area contributed by atoms with Crippen molar-refractivity contribution in [3.8, 4) is 0 Å². The molecule has 16 heavy (non-hydrogen) atoms. The van der Waals surface area contributed by atoms with Crippen LogP contribution in [-0.4, -0.2) is 0 Å². The zero-order chi connectivity index (χ0) is 11.7. The molecule has 84 valence electrons. The van der Waals surface area contributed by atoms with Crippen LogP contribution < -0.4 is 0 Å². The molecule has 1 unspecified atom stereocenters. The maximum atomic E-state index is 6.57. The summed E-state index contributed by atoms with van der Waals surface area (Å²) < 4.78 is 0. The molecule has 0 aliphatic heterocycles. The number of benzene rings is 1. The molecule has 0 radical (unpaired) electrons. The summed E-state index contributed by atoms with van der Waals surface area (Å²) in [6.45, 7) is 6.37. The molecule has 2 heteroatoms. The Balaban J connectivity index is 2.43. The Morgan fingerprint density at radius 3 is 2.31 bits per heavy atom. The molecule has 1 aromatic carbocycles. The Hall–Kier alpha value is -0.790. The van der Waals surface area contributed by atoms with Crippen molar-refractivity contribution in [3.63, 3.8) is 0 Å². The molecule has 2 aromatic rings. The lowest BCUT2D eigenvalue weighted by atomic mass is 10.0. The van der Waals surface area contributed by atoms with Crippen molar-refractivity contribution in [3.05, 3.63) is 56.8 Å². The van der Waals surface area contributed by atoms with Crippen molar-refractivity contribution in [1.82, 2.24) is 0 Å². The third-order valence-corrected chi connectivity index (χ3v) is 4.57. The highest BCUT2D eigenvalue weighted by molar-refractivity contribution is 7.12. The molecule has 0 fully saturated rings. The molecular formula is C14H15ClS. The molecule has 1 heterocycles. The maximum absolute atomic E-state index is 6.57. The van der Waals surface area contributed by atoms with Crippen molar-refractivity contribution >= 4 is 22.9 Å². The Bertz CT molecular complexity index is 499. The van der Waals surface area contributed by atoms with E-state index in [0.29, 0.717) is 0 Å². The zero-order valence-electron chi connectivity index (χ0n) is 9.75. The molecule has 0 aliphatic rings. The maximum Gasteiger partial charge on any atom is 0.0933 e. The molecule has 0 spiro atoms. The molecule has 0 bridgehead atoms. The Morgan fingerprint density at radius 1 is 1.06 bits per heavy atom. The van der Waals surface area contributed by atoms with Gasteiger partial charge in [-0.25, -0.2) is 0 Å². The fraction of sp³-hybridized carbons (Fsp3) is 0.286. The van der Waals surface area contributed by atoms with Crippen LogP contribution in [0.25, 0.3) is 0 Å². The lowest BCUT2D eigenvalue weighted by Crippen LogP contribution is -1.94. The van der Waals surface area contributed by atoms with Crippen LogP contribution in [0.15, 0.2) is 30.3 Å². The number of thiophene rings is 1. The second-order valence-electron chi connectivity index (χ2n) is 4.12. The molecule has 1 aromatic heterocycles. The van der Waals surface area contributed by atoms with Crippen LogP contribution in [-0.2, 0) is 0 Å². The SMILES string of the molecule is Cc1cc(C)c(C(Cl)c2ccccc2C)s1. The van der Waals surface area contributed by atoms with Crippen molar-refractivity contribution in [2.75, 3.05) is 0 Å². The first-order valence-electron chi connectivity index (χ1n) is 5.36. The van der Waals surface area contributed by atoms with Gasteiger partial charge in [0.2, 0.25) is 0 Å². The van der Waals surface area contributed by atoms with Crippen molar-refractivity contribution < 1.29 is 0 Å². The molecular weight excluding hydrogens is 236 g/mol. The van der Waals surface area contributed by atoms with E-state index in [0.717, 1.165) is 0 Å². The summed E-state index contributed by atoms with van der Waals surface area (Å²) >= 11 is 8.36. The summed E-state index contributed by atoms with van der Waals surface area (Å²) in [7, 11) is 0. The average molecular weight is 251 g/mol. The van der Waals surface area contributed by atoms with Crippen LogP contribution in [0.1, 0.15) is 31.8 Å². The Morgan fingerprint density at radius 2 is 1.75 bits per heavy atom. The normalized spacial score (nSPS) is 12.8. The quantitative estimate of drug-likeness (QED) is 0.658. The fourth-order valence-corrected chi connectivity index (χ4v) is 3.51. The van der Waals surface area contributed by atoms with E-state index in [9.17, 15) is 0 Å². The van der Waals surface area contributed by atoms with E-state index < -0.39 is 0 Å². The second kappa shape index (κ2) is 4.60. The summed E-state index contributed by atoms with van der Waals surface area (Å²) in [6.07, 6.45) is 0. The van der Waals surface area contributed by atoms with Crippen LogP contribution in [0.4, 0.5) is 0 Å². The first kappa shape index (κ1) is 11.7. The molecule has 0 aliphatic carbocycles. The van der Waals surface area contributed by atoms with Gasteiger partial charge in [-0.05, 0) is 43.5 Å². The number of hydrogen-bond donors (Lipinski definition) is 0. The smallest absolute Gasteiger partial charge is 0.0933 e. The summed E-state index contributed by atoms with van der Waals surface area (Å²) in [6, 6.07) is 10.5. The highest BCUT2D eigenvalue weighted by Gasteiger charge is 2.16. The number of alkyl halides is 1. The average Bonchev–Trinajstić information content (AvgIpc) is 2.58. The second-order valence-corrected chi connectivity index (χ2v) is 5.85. The molecule has 0 amide bonds. The van der Waals surface area contributed by atoms with E-state index in [4.69, 9.17) is 11.6 Å². The van der Waals surface area contributed by atoms with Gasteiger partial charge < -0.3 is 0 Å². The first-order chi connectivity index (χ1) is 7.59. The monoisotopic (exact) mass is 250 g/mol. The highest BCUT2D eigenvalue weighted by Crippen LogP contribution is 2.37. The van der Waals surface area contributed by atoms with E-state index in [1.807, 2.05) is 6.07 Å². The molecule has 1 atom stereocenters. The third kappa shape index (κ3) is 2.16. The van der Waals surface area contributed by atoms with Crippen molar-refractivity contribution in [2.45, 2.75) is 26.1 Å². The number of aryl methyl sites for hydroxylation is 3. The molecule has 0 saturated carbocycles. The highest BCUT2D eigenvalue weighted by atomic mass is 35.5. The van der Waals surface area contributed by atoms with Gasteiger partial charge in [0.15, 0.2) is 0 Å². The topological polar surface area (TPSA) is 0 Å². The van der Waals surface area contributed by atoms with E-state index in [1.165, 1.54) is 26.4 Å². The number of hydrogen-bond acceptors (Lipinski definition) is 1. The Kier molecular flexibility index (Phi) is 3.36. The van der Waals surface area contributed by atoms with Gasteiger partial charge in [0.1, 0.15) is 0 Å². The lowest BCUT2D eigenvalue weighted by molar-refractivity contribution is 1.13. The van der Waals surface area contributed by atoms with E-state index in [2.05, 4.69) is 45.0 Å². The van der Waals surface area contributed by atoms with Crippen LogP contribution in [0.2, 0.25) is 0 Å². The van der Waals surface area contributed by atoms with E-state index in [-0.39, 0.29) is 5.38 Å². The predicted octanol–water partition coefficient (Wildman–Crippen LogP) is 5.00. The minimum atomic E-state index is -0.0140. The van der Waals surface area contributed by atoms with Gasteiger partial charge in [-0.2, -0.15) is 0 Å². The van der Waals surface area contributed by atoms with E-state index >= 15 is 0 Å². The van der Waals surface area contributed by atoms with Gasteiger partial charge in [-0.1, -0.05) is 24.3 Å². The van der Waals surface area contributed by atoms with Crippen LogP contribution in [0, 0.1) is 20.8 Å². The fourth-order valence-electron chi connectivity index (χ4n) is 1.92. The number of rotatable bonds is 2. The minimum absolute atomic E-state index is 0.0140. The summed E-state index contributed by atoms with van der Waals surface area (Å²) in [5.41, 5.74) is 3.77. The van der Waals surface area contributed by atoms with Crippen LogP contribution >= 0.6 is 22.9 Å². The zero-order valence-corrected chi connectivity index (χ0v) is 11.3. The van der Waals surface area contributed by atoms with Crippen molar-refractivity contribution in [1.29, 1.82) is 0 Å². The van der Waals surface area contributed by atoms with Gasteiger partial charge >= 0.3 is 0 Å². The first-order valence-corrected chi connectivity index (χ1v) is 6.61. The van der Waals surface area contributed by atoms with Gasteiger partial charge in [-0.3, -0.25) is 0 Å². The van der Waals surface area contributed by atoms with Crippen LogP contribution in [0.3, 0.4) is 0 Å². The molecule has 0 nitrogen and oxygen atoms in total. The summed E-state index contributed by atoms with van der Waals surface area (Å²) in [5.74, 6) is 0. The predicted molar refractivity (Wildman–Crippen MR) is 72.7 cm³/mol. The number of halogens is 1. The van der Waals surface area contributed by atoms with E-state index in [1.54, 1.807) is 11.3 Å². The lowest BCUT2D eigenvalue weighted by Gasteiger charge is -2.12. The minimum Gasteiger partial charge on any atom is -0.143 e. The summed E-state index contributed by atoms with van der Waals surface area (Å²) in [5, 5.41) is -0.0140. The largest absolute Gasteiger partial charge is 0.143 e. The van der Waals surface area contributed by atoms with Crippen LogP contribution in [0.5, 0.6) is 0 Å². The Labute approximate surface area is 106 Å². The van der Waals surface area contributed by atoms with Gasteiger partial charge in [0, 0.05) is 9.75 Å². The van der Waals surface area contributed by atoms with Gasteiger partial charge in [-0.15, -0.1) is 22.9 Å². The van der Waals surface area contributed by atoms with Gasteiger partial charge in [0.25, 0.3) is 0 Å². The standard InChI is InChI=1S/C14H15ClS/c1-9-6-4-5-7-12(9)13(15)14-10(2)8-11(3)16-14/h4-8,13H,1-3H3. The summed E-state index contributed by atoms with van der Waals surface area (Å²) in [4.78, 5) is 2.60.